The first kappa shape index (κ1) is 21.8. The molecule has 2 aliphatic rings. The van der Waals surface area contributed by atoms with E-state index in [1.807, 2.05) is 11.8 Å². The first-order valence-electron chi connectivity index (χ1n) is 10.8. The maximum absolute atomic E-state index is 13.0. The van der Waals surface area contributed by atoms with Crippen LogP contribution < -0.4 is 4.90 Å². The summed E-state index contributed by atoms with van der Waals surface area (Å²) in [5.41, 5.74) is 1.03. The molecule has 10 nitrogen and oxygen atoms in total. The number of benzene rings is 1. The fraction of sp³-hybridized carbons (Fsp3) is 0.455. The molecule has 10 heteroatoms. The average molecular weight is 441 g/mol. The zero-order valence-electron chi connectivity index (χ0n) is 18.1. The Kier molecular flexibility index (Phi) is 6.40. The topological polar surface area (TPSA) is 103 Å². The first-order chi connectivity index (χ1) is 15.4. The molecule has 170 valence electrons. The van der Waals surface area contributed by atoms with Gasteiger partial charge in [-0.25, -0.2) is 0 Å². The Balaban J connectivity index is 1.26. The fourth-order valence-corrected chi connectivity index (χ4v) is 4.26. The van der Waals surface area contributed by atoms with Crippen molar-refractivity contribution in [3.05, 3.63) is 58.5 Å². The van der Waals surface area contributed by atoms with Crippen LogP contribution in [0.4, 0.5) is 11.4 Å². The number of nitro groups is 1. The van der Waals surface area contributed by atoms with Gasteiger partial charge in [-0.1, -0.05) is 0 Å². The molecule has 2 aromatic rings. The van der Waals surface area contributed by atoms with E-state index in [1.165, 1.54) is 18.4 Å². The van der Waals surface area contributed by atoms with E-state index in [1.54, 1.807) is 29.2 Å². The van der Waals surface area contributed by atoms with Crippen molar-refractivity contribution in [3.63, 3.8) is 0 Å². The Hall–Kier alpha value is -3.40. The molecule has 0 spiro atoms. The van der Waals surface area contributed by atoms with Gasteiger partial charge in [-0.05, 0) is 31.2 Å². The van der Waals surface area contributed by atoms with Gasteiger partial charge in [-0.15, -0.1) is 0 Å². The molecule has 2 saturated heterocycles. The highest BCUT2D eigenvalue weighted by molar-refractivity contribution is 5.91. The molecule has 2 amide bonds. The molecule has 0 aliphatic carbocycles. The van der Waals surface area contributed by atoms with Crippen molar-refractivity contribution in [2.24, 2.45) is 0 Å². The number of furan rings is 1. The van der Waals surface area contributed by atoms with E-state index in [-0.39, 0.29) is 23.5 Å². The van der Waals surface area contributed by atoms with Crippen LogP contribution in [0.25, 0.3) is 0 Å². The largest absolute Gasteiger partial charge is 0.459 e. The molecule has 1 aromatic carbocycles. The number of rotatable bonds is 5. The lowest BCUT2D eigenvalue weighted by atomic mass is 10.1. The zero-order valence-corrected chi connectivity index (χ0v) is 18.1. The summed E-state index contributed by atoms with van der Waals surface area (Å²) in [7, 11) is 0. The van der Waals surface area contributed by atoms with E-state index >= 15 is 0 Å². The minimum absolute atomic E-state index is 0.0811. The lowest BCUT2D eigenvalue weighted by Gasteiger charge is -2.41. The summed E-state index contributed by atoms with van der Waals surface area (Å²) in [4.78, 5) is 43.8. The molecule has 2 aliphatic heterocycles. The smallest absolute Gasteiger partial charge is 0.289 e. The van der Waals surface area contributed by atoms with Crippen LogP contribution in [0, 0.1) is 10.1 Å². The number of nitro benzene ring substituents is 1. The van der Waals surface area contributed by atoms with Crippen LogP contribution in [0.3, 0.4) is 0 Å². The second kappa shape index (κ2) is 9.39. The molecular weight excluding hydrogens is 414 g/mol. The number of amides is 2. The van der Waals surface area contributed by atoms with Gasteiger partial charge >= 0.3 is 0 Å². The summed E-state index contributed by atoms with van der Waals surface area (Å²) in [6.45, 7) is 6.92. The van der Waals surface area contributed by atoms with Gasteiger partial charge in [0.25, 0.3) is 11.6 Å². The van der Waals surface area contributed by atoms with Crippen molar-refractivity contribution >= 4 is 23.2 Å². The van der Waals surface area contributed by atoms with Crippen LogP contribution in [0.5, 0.6) is 0 Å². The highest BCUT2D eigenvalue weighted by Gasteiger charge is 2.32. The molecule has 4 rings (SSSR count). The molecule has 0 bridgehead atoms. The minimum Gasteiger partial charge on any atom is -0.459 e. The molecule has 3 heterocycles. The molecular formula is C22H27N5O5. The summed E-state index contributed by atoms with van der Waals surface area (Å²) in [6.07, 6.45) is 1.48. The van der Waals surface area contributed by atoms with Crippen molar-refractivity contribution in [2.75, 3.05) is 57.3 Å². The van der Waals surface area contributed by atoms with Gasteiger partial charge in [-0.2, -0.15) is 0 Å². The van der Waals surface area contributed by atoms with Gasteiger partial charge in [0, 0.05) is 70.2 Å². The maximum atomic E-state index is 13.0. The van der Waals surface area contributed by atoms with Gasteiger partial charge in [0.15, 0.2) is 5.76 Å². The lowest BCUT2D eigenvalue weighted by molar-refractivity contribution is -0.384. The molecule has 1 aromatic heterocycles. The van der Waals surface area contributed by atoms with E-state index in [0.717, 1.165) is 31.9 Å². The molecule has 0 radical (unpaired) electrons. The van der Waals surface area contributed by atoms with Gasteiger partial charge < -0.3 is 19.1 Å². The molecule has 0 unspecified atom stereocenters. The van der Waals surface area contributed by atoms with Crippen molar-refractivity contribution in [3.8, 4) is 0 Å². The van der Waals surface area contributed by atoms with Crippen LogP contribution >= 0.6 is 0 Å². The third-order valence-corrected chi connectivity index (χ3v) is 6.26. The number of carbonyl (C=O) groups excluding carboxylic acids is 2. The molecule has 0 N–H and O–H groups in total. The van der Waals surface area contributed by atoms with Gasteiger partial charge in [0.05, 0.1) is 17.2 Å². The normalized spacial score (nSPS) is 18.5. The highest BCUT2D eigenvalue weighted by Crippen LogP contribution is 2.21. The maximum Gasteiger partial charge on any atom is 0.289 e. The number of piperazine rings is 2. The second-order valence-electron chi connectivity index (χ2n) is 8.07. The predicted octanol–water partition coefficient (Wildman–Crippen LogP) is 1.68. The monoisotopic (exact) mass is 441 g/mol. The van der Waals surface area contributed by atoms with Crippen molar-refractivity contribution in [1.82, 2.24) is 14.7 Å². The van der Waals surface area contributed by atoms with Crippen LogP contribution in [-0.2, 0) is 4.79 Å². The van der Waals surface area contributed by atoms with Crippen molar-refractivity contribution in [1.29, 1.82) is 0 Å². The highest BCUT2D eigenvalue weighted by atomic mass is 16.6. The number of hydrogen-bond acceptors (Lipinski definition) is 7. The third-order valence-electron chi connectivity index (χ3n) is 6.26. The Morgan fingerprint density at radius 3 is 2.12 bits per heavy atom. The lowest BCUT2D eigenvalue weighted by Crippen LogP contribution is -2.58. The van der Waals surface area contributed by atoms with Crippen LogP contribution in [0.2, 0.25) is 0 Å². The SMILES string of the molecule is C[C@H](C(=O)N1CCN(C(=O)c2ccco2)CC1)N1CCN(c2ccc([N+](=O)[O-])cc2)CC1. The number of carbonyl (C=O) groups is 2. The molecule has 0 saturated carbocycles. The number of non-ortho nitro benzene ring substituents is 1. The Morgan fingerprint density at radius 1 is 0.938 bits per heavy atom. The Labute approximate surface area is 186 Å². The Morgan fingerprint density at radius 2 is 1.56 bits per heavy atom. The standard InChI is InChI=1S/C22H27N5O5/c1-17(21(28)25-12-14-26(15-13-25)22(29)20-3-2-16-32-20)23-8-10-24(11-9-23)18-4-6-19(7-5-18)27(30)31/h2-7,16-17H,8-15H2,1H3/t17-/m1/s1. The van der Waals surface area contributed by atoms with Crippen LogP contribution in [0.15, 0.2) is 47.1 Å². The zero-order chi connectivity index (χ0) is 22.7. The minimum atomic E-state index is -0.401. The average Bonchev–Trinajstić information content (AvgIpc) is 3.38. The molecule has 1 atom stereocenters. The fourth-order valence-electron chi connectivity index (χ4n) is 4.26. The predicted molar refractivity (Wildman–Crippen MR) is 118 cm³/mol. The number of anilines is 1. The van der Waals surface area contributed by atoms with E-state index in [2.05, 4.69) is 9.80 Å². The van der Waals surface area contributed by atoms with Crippen molar-refractivity contribution < 1.29 is 18.9 Å². The van der Waals surface area contributed by atoms with E-state index in [4.69, 9.17) is 4.42 Å². The summed E-state index contributed by atoms with van der Waals surface area (Å²) in [5, 5.41) is 10.8. The summed E-state index contributed by atoms with van der Waals surface area (Å²) < 4.78 is 5.18. The van der Waals surface area contributed by atoms with E-state index < -0.39 is 4.92 Å². The third kappa shape index (κ3) is 4.59. The quantitative estimate of drug-likeness (QED) is 0.514. The summed E-state index contributed by atoms with van der Waals surface area (Å²) >= 11 is 0. The molecule has 32 heavy (non-hydrogen) atoms. The second-order valence-corrected chi connectivity index (χ2v) is 8.07. The first-order valence-corrected chi connectivity index (χ1v) is 10.8. The number of hydrogen-bond donors (Lipinski definition) is 0. The van der Waals surface area contributed by atoms with Gasteiger partial charge in [0.2, 0.25) is 5.91 Å². The number of nitrogens with zero attached hydrogens (tertiary/aromatic N) is 5. The van der Waals surface area contributed by atoms with Crippen LogP contribution in [-0.4, -0.2) is 89.8 Å². The Bertz CT molecular complexity index is 946. The van der Waals surface area contributed by atoms with E-state index in [0.29, 0.717) is 31.9 Å². The van der Waals surface area contributed by atoms with Crippen LogP contribution in [0.1, 0.15) is 17.5 Å². The summed E-state index contributed by atoms with van der Waals surface area (Å²) in [5.74, 6) is 0.264. The molecule has 2 fully saturated rings. The van der Waals surface area contributed by atoms with E-state index in [9.17, 15) is 19.7 Å². The van der Waals surface area contributed by atoms with Crippen molar-refractivity contribution in [2.45, 2.75) is 13.0 Å². The van der Waals surface area contributed by atoms with Gasteiger partial charge in [-0.3, -0.25) is 24.6 Å². The van der Waals surface area contributed by atoms with Gasteiger partial charge in [0.1, 0.15) is 0 Å². The summed E-state index contributed by atoms with van der Waals surface area (Å²) in [6, 6.07) is 9.68.